The number of rotatable bonds is 0. The van der Waals surface area contributed by atoms with Crippen molar-refractivity contribution in [2.24, 2.45) is 5.92 Å². The van der Waals surface area contributed by atoms with E-state index in [0.29, 0.717) is 11.8 Å². The quantitative estimate of drug-likeness (QED) is 0.722. The van der Waals surface area contributed by atoms with Crippen LogP contribution in [0.5, 0.6) is 0 Å². The molecule has 0 saturated carbocycles. The van der Waals surface area contributed by atoms with Gasteiger partial charge in [0, 0.05) is 22.3 Å². The summed E-state index contributed by atoms with van der Waals surface area (Å²) in [7, 11) is 0. The molecule has 2 N–H and O–H groups in total. The van der Waals surface area contributed by atoms with Crippen LogP contribution in [-0.2, 0) is 6.42 Å². The van der Waals surface area contributed by atoms with E-state index in [1.165, 1.54) is 23.3 Å². The Morgan fingerprint density at radius 3 is 2.95 bits per heavy atom. The normalized spacial score (nSPS) is 25.0. The topological polar surface area (TPSA) is 38.9 Å². The molecule has 2 bridgehead atoms. The second-order valence-electron chi connectivity index (χ2n) is 6.02. The van der Waals surface area contributed by atoms with Crippen molar-refractivity contribution < 1.29 is 0 Å². The number of nitrogens with zero attached hydrogens (tertiary/aromatic N) is 1. The Morgan fingerprint density at radius 1 is 1.21 bits per heavy atom. The number of nitrogen functional groups attached to an aromatic ring is 1. The zero-order chi connectivity index (χ0) is 13.0. The highest BCUT2D eigenvalue weighted by Crippen LogP contribution is 2.46. The summed E-state index contributed by atoms with van der Waals surface area (Å²) in [5.41, 5.74) is 12.6. The Balaban J connectivity index is 1.98. The number of fused-ring (bicyclic) bond motifs is 5. The van der Waals surface area contributed by atoms with E-state index in [1.54, 1.807) is 0 Å². The number of hydrogen-bond acceptors (Lipinski definition) is 2. The van der Waals surface area contributed by atoms with Gasteiger partial charge in [0.2, 0.25) is 0 Å². The molecular formula is C17H18N2. The maximum atomic E-state index is 6.46. The molecular weight excluding hydrogens is 232 g/mol. The summed E-state index contributed by atoms with van der Waals surface area (Å²) in [4.78, 5) is 4.87. The minimum absolute atomic E-state index is 0.579. The first kappa shape index (κ1) is 11.0. The number of allylic oxidation sites excluding steroid dienone is 2. The third-order valence-corrected chi connectivity index (χ3v) is 4.59. The summed E-state index contributed by atoms with van der Waals surface area (Å²) in [5, 5.41) is 1.12. The standard InChI is InChI=1S/C17H18N2/c1-10-6-11-8-12(7-10)16-15(9-11)19-14-5-3-2-4-13(14)17(16)18/h2-6,11-12H,7-9H2,1H3,(H2,18,19)/t11-,12+/m1/s1. The van der Waals surface area contributed by atoms with E-state index in [0.717, 1.165) is 29.4 Å². The smallest absolute Gasteiger partial charge is 0.0726 e. The zero-order valence-electron chi connectivity index (χ0n) is 11.2. The third-order valence-electron chi connectivity index (χ3n) is 4.59. The molecule has 2 aliphatic rings. The molecule has 0 saturated heterocycles. The van der Waals surface area contributed by atoms with Crippen molar-refractivity contribution in [3.8, 4) is 0 Å². The summed E-state index contributed by atoms with van der Waals surface area (Å²) in [6.07, 6.45) is 5.88. The van der Waals surface area contributed by atoms with Gasteiger partial charge in [-0.2, -0.15) is 0 Å². The van der Waals surface area contributed by atoms with Crippen LogP contribution in [0.2, 0.25) is 0 Å². The maximum absolute atomic E-state index is 6.46. The van der Waals surface area contributed by atoms with Crippen LogP contribution in [0.4, 0.5) is 5.69 Å². The molecule has 1 aromatic carbocycles. The van der Waals surface area contributed by atoms with E-state index in [4.69, 9.17) is 10.7 Å². The fourth-order valence-electron chi connectivity index (χ4n) is 3.90. The van der Waals surface area contributed by atoms with E-state index in [-0.39, 0.29) is 0 Å². The average molecular weight is 250 g/mol. The molecule has 2 nitrogen and oxygen atoms in total. The van der Waals surface area contributed by atoms with E-state index in [2.05, 4.69) is 25.1 Å². The van der Waals surface area contributed by atoms with E-state index >= 15 is 0 Å². The fraction of sp³-hybridized carbons (Fsp3) is 0.353. The monoisotopic (exact) mass is 250 g/mol. The molecule has 0 amide bonds. The molecule has 2 atom stereocenters. The van der Waals surface area contributed by atoms with Gasteiger partial charge in [0.05, 0.1) is 5.52 Å². The summed E-state index contributed by atoms with van der Waals surface area (Å²) < 4.78 is 0. The molecule has 1 aromatic heterocycles. The van der Waals surface area contributed by atoms with Gasteiger partial charge < -0.3 is 5.73 Å². The number of aromatic nitrogens is 1. The predicted octanol–water partition coefficient (Wildman–Crippen LogP) is 3.81. The Bertz CT molecular complexity index is 700. The lowest BCUT2D eigenvalue weighted by molar-refractivity contribution is 0.433. The Morgan fingerprint density at radius 2 is 2.05 bits per heavy atom. The van der Waals surface area contributed by atoms with Gasteiger partial charge >= 0.3 is 0 Å². The van der Waals surface area contributed by atoms with Crippen LogP contribution in [0.3, 0.4) is 0 Å². The first-order valence-corrected chi connectivity index (χ1v) is 7.06. The Labute approximate surface area is 113 Å². The lowest BCUT2D eigenvalue weighted by atomic mass is 9.71. The van der Waals surface area contributed by atoms with Crippen LogP contribution in [0.25, 0.3) is 10.9 Å². The van der Waals surface area contributed by atoms with Crippen LogP contribution >= 0.6 is 0 Å². The molecule has 0 unspecified atom stereocenters. The second kappa shape index (κ2) is 3.83. The molecule has 96 valence electrons. The van der Waals surface area contributed by atoms with Crippen molar-refractivity contribution in [2.75, 3.05) is 5.73 Å². The molecule has 0 spiro atoms. The highest BCUT2D eigenvalue weighted by molar-refractivity contribution is 5.92. The largest absolute Gasteiger partial charge is 0.398 e. The van der Waals surface area contributed by atoms with Gasteiger partial charge in [-0.15, -0.1) is 0 Å². The number of nitrogens with two attached hydrogens (primary N) is 1. The molecule has 4 rings (SSSR count). The minimum atomic E-state index is 0.579. The van der Waals surface area contributed by atoms with Crippen LogP contribution in [0.15, 0.2) is 35.9 Å². The molecule has 19 heavy (non-hydrogen) atoms. The number of para-hydroxylation sites is 1. The Hall–Kier alpha value is -1.83. The van der Waals surface area contributed by atoms with E-state index in [1.807, 2.05) is 12.1 Å². The Kier molecular flexibility index (Phi) is 2.22. The van der Waals surface area contributed by atoms with E-state index < -0.39 is 0 Å². The third kappa shape index (κ3) is 1.59. The fourth-order valence-corrected chi connectivity index (χ4v) is 3.90. The predicted molar refractivity (Wildman–Crippen MR) is 79.1 cm³/mol. The molecule has 0 fully saturated rings. The van der Waals surface area contributed by atoms with Crippen molar-refractivity contribution in [3.63, 3.8) is 0 Å². The van der Waals surface area contributed by atoms with Gasteiger partial charge in [0.15, 0.2) is 0 Å². The second-order valence-corrected chi connectivity index (χ2v) is 6.02. The molecule has 0 radical (unpaired) electrons. The van der Waals surface area contributed by atoms with E-state index in [9.17, 15) is 0 Å². The van der Waals surface area contributed by atoms with Crippen molar-refractivity contribution >= 4 is 16.6 Å². The van der Waals surface area contributed by atoms with Gasteiger partial charge in [0.25, 0.3) is 0 Å². The van der Waals surface area contributed by atoms with Crippen LogP contribution in [0.1, 0.15) is 36.9 Å². The van der Waals surface area contributed by atoms with Crippen molar-refractivity contribution in [1.29, 1.82) is 0 Å². The lowest BCUT2D eigenvalue weighted by Crippen LogP contribution is -2.24. The first-order valence-electron chi connectivity index (χ1n) is 7.06. The number of pyridine rings is 1. The summed E-state index contributed by atoms with van der Waals surface area (Å²) in [5.74, 6) is 1.25. The minimum Gasteiger partial charge on any atom is -0.398 e. The van der Waals surface area contributed by atoms with Gasteiger partial charge in [-0.3, -0.25) is 4.98 Å². The number of anilines is 1. The SMILES string of the molecule is CC1=C[C@H]2Cc3nc4ccccc4c(N)c3[C@@H](C1)C2. The number of hydrogen-bond donors (Lipinski definition) is 1. The molecule has 0 aliphatic heterocycles. The molecule has 2 aliphatic carbocycles. The first-order chi connectivity index (χ1) is 9.22. The highest BCUT2D eigenvalue weighted by Gasteiger charge is 2.32. The molecule has 2 aromatic rings. The van der Waals surface area contributed by atoms with Crippen LogP contribution in [-0.4, -0.2) is 4.98 Å². The molecule has 2 heteroatoms. The summed E-state index contributed by atoms with van der Waals surface area (Å²) in [6.45, 7) is 2.24. The van der Waals surface area contributed by atoms with Crippen LogP contribution < -0.4 is 5.73 Å². The van der Waals surface area contributed by atoms with Gasteiger partial charge in [0.1, 0.15) is 0 Å². The zero-order valence-corrected chi connectivity index (χ0v) is 11.2. The van der Waals surface area contributed by atoms with Gasteiger partial charge in [-0.05, 0) is 44.1 Å². The van der Waals surface area contributed by atoms with Gasteiger partial charge in [-0.1, -0.05) is 29.8 Å². The van der Waals surface area contributed by atoms with Crippen molar-refractivity contribution in [2.45, 2.75) is 32.1 Å². The average Bonchev–Trinajstić information content (AvgIpc) is 2.37. The maximum Gasteiger partial charge on any atom is 0.0726 e. The molecule has 1 heterocycles. The van der Waals surface area contributed by atoms with Crippen LogP contribution in [0, 0.1) is 5.92 Å². The summed E-state index contributed by atoms with van der Waals surface area (Å²) in [6, 6.07) is 8.24. The van der Waals surface area contributed by atoms with Crippen molar-refractivity contribution in [1.82, 2.24) is 4.98 Å². The van der Waals surface area contributed by atoms with Gasteiger partial charge in [-0.25, -0.2) is 0 Å². The highest BCUT2D eigenvalue weighted by atomic mass is 14.7. The van der Waals surface area contributed by atoms with Crippen molar-refractivity contribution in [3.05, 3.63) is 47.2 Å². The number of benzene rings is 1. The summed E-state index contributed by atoms with van der Waals surface area (Å²) >= 11 is 0. The lowest BCUT2D eigenvalue weighted by Gasteiger charge is -2.35.